The van der Waals surface area contributed by atoms with E-state index in [-0.39, 0.29) is 12.0 Å². The maximum absolute atomic E-state index is 9.45. The highest BCUT2D eigenvalue weighted by molar-refractivity contribution is 5.31. The van der Waals surface area contributed by atoms with Crippen molar-refractivity contribution in [3.8, 4) is 5.75 Å². The van der Waals surface area contributed by atoms with E-state index in [1.807, 2.05) is 38.1 Å². The highest BCUT2D eigenvalue weighted by atomic mass is 16.5. The van der Waals surface area contributed by atoms with Crippen LogP contribution in [-0.2, 0) is 0 Å². The highest BCUT2D eigenvalue weighted by Gasteiger charge is 2.11. The van der Waals surface area contributed by atoms with E-state index in [1.165, 1.54) is 0 Å². The molecule has 0 saturated heterocycles. The van der Waals surface area contributed by atoms with Crippen LogP contribution in [0.1, 0.15) is 32.3 Å². The Hall–Kier alpha value is -1.02. The van der Waals surface area contributed by atoms with Gasteiger partial charge in [0.15, 0.2) is 0 Å². The summed E-state index contributed by atoms with van der Waals surface area (Å²) in [5, 5.41) is 9.45. The number of aliphatic hydroxyl groups is 1. The second-order valence-corrected chi connectivity index (χ2v) is 3.53. The molecular weight excluding hydrogens is 176 g/mol. The zero-order valence-electron chi connectivity index (χ0n) is 9.03. The molecule has 2 heteroatoms. The van der Waals surface area contributed by atoms with Gasteiger partial charge in [-0.05, 0) is 31.5 Å². The number of ether oxygens (including phenoxy) is 1. The average molecular weight is 194 g/mol. The highest BCUT2D eigenvalue weighted by Crippen LogP contribution is 2.23. The van der Waals surface area contributed by atoms with E-state index in [0.29, 0.717) is 6.61 Å². The fourth-order valence-electron chi connectivity index (χ4n) is 1.33. The SMILES string of the molecule is CCOc1cccc(C(C)C(C)O)c1. The third-order valence-corrected chi connectivity index (χ3v) is 2.42. The maximum Gasteiger partial charge on any atom is 0.119 e. The average Bonchev–Trinajstić information content (AvgIpc) is 2.17. The quantitative estimate of drug-likeness (QED) is 0.798. The van der Waals surface area contributed by atoms with E-state index in [9.17, 15) is 5.11 Å². The lowest BCUT2D eigenvalue weighted by Crippen LogP contribution is -2.10. The standard InChI is InChI=1S/C12H18O2/c1-4-14-12-7-5-6-11(8-12)9(2)10(3)13/h5-10,13H,4H2,1-3H3. The molecule has 0 aliphatic carbocycles. The van der Waals surface area contributed by atoms with Crippen LogP contribution in [0.25, 0.3) is 0 Å². The molecule has 0 aliphatic heterocycles. The van der Waals surface area contributed by atoms with Crippen molar-refractivity contribution in [1.82, 2.24) is 0 Å². The summed E-state index contributed by atoms with van der Waals surface area (Å²) >= 11 is 0. The molecule has 78 valence electrons. The van der Waals surface area contributed by atoms with Gasteiger partial charge >= 0.3 is 0 Å². The van der Waals surface area contributed by atoms with Crippen LogP contribution in [0.15, 0.2) is 24.3 Å². The molecule has 0 aliphatic rings. The Bertz CT molecular complexity index is 281. The van der Waals surface area contributed by atoms with Crippen molar-refractivity contribution in [2.45, 2.75) is 32.8 Å². The first-order valence-electron chi connectivity index (χ1n) is 5.06. The Morgan fingerprint density at radius 3 is 2.64 bits per heavy atom. The van der Waals surface area contributed by atoms with Gasteiger partial charge in [0.1, 0.15) is 5.75 Å². The predicted molar refractivity (Wildman–Crippen MR) is 57.7 cm³/mol. The molecule has 1 rings (SSSR count). The number of rotatable bonds is 4. The largest absolute Gasteiger partial charge is 0.494 e. The van der Waals surface area contributed by atoms with E-state index in [1.54, 1.807) is 6.92 Å². The van der Waals surface area contributed by atoms with Crippen LogP contribution >= 0.6 is 0 Å². The van der Waals surface area contributed by atoms with Crippen LogP contribution in [0.3, 0.4) is 0 Å². The molecule has 1 aromatic carbocycles. The summed E-state index contributed by atoms with van der Waals surface area (Å²) in [6.07, 6.45) is -0.327. The fraction of sp³-hybridized carbons (Fsp3) is 0.500. The van der Waals surface area contributed by atoms with Gasteiger partial charge in [0.05, 0.1) is 12.7 Å². The molecule has 0 amide bonds. The third-order valence-electron chi connectivity index (χ3n) is 2.42. The van der Waals surface area contributed by atoms with E-state index >= 15 is 0 Å². The second-order valence-electron chi connectivity index (χ2n) is 3.53. The molecule has 2 unspecified atom stereocenters. The molecular formula is C12H18O2. The van der Waals surface area contributed by atoms with Crippen LogP contribution in [0, 0.1) is 0 Å². The summed E-state index contributed by atoms with van der Waals surface area (Å²) in [6.45, 7) is 6.45. The Balaban J connectivity index is 2.82. The van der Waals surface area contributed by atoms with Crippen molar-refractivity contribution < 1.29 is 9.84 Å². The van der Waals surface area contributed by atoms with Gasteiger partial charge in [-0.3, -0.25) is 0 Å². The van der Waals surface area contributed by atoms with Crippen LogP contribution in [0.5, 0.6) is 5.75 Å². The minimum Gasteiger partial charge on any atom is -0.494 e. The first-order chi connectivity index (χ1) is 6.65. The van der Waals surface area contributed by atoms with Gasteiger partial charge in [-0.2, -0.15) is 0 Å². The minimum atomic E-state index is -0.327. The third kappa shape index (κ3) is 2.74. The number of aliphatic hydroxyl groups excluding tert-OH is 1. The molecule has 0 spiro atoms. The lowest BCUT2D eigenvalue weighted by Gasteiger charge is -2.15. The summed E-state index contributed by atoms with van der Waals surface area (Å²) < 4.78 is 5.39. The van der Waals surface area contributed by atoms with Gasteiger partial charge < -0.3 is 9.84 Å². The Morgan fingerprint density at radius 1 is 1.36 bits per heavy atom. The summed E-state index contributed by atoms with van der Waals surface area (Å²) in [5.41, 5.74) is 1.12. The molecule has 0 saturated carbocycles. The molecule has 0 radical (unpaired) electrons. The van der Waals surface area contributed by atoms with Crippen molar-refractivity contribution in [3.63, 3.8) is 0 Å². The molecule has 0 fully saturated rings. The van der Waals surface area contributed by atoms with Crippen molar-refractivity contribution >= 4 is 0 Å². The molecule has 1 N–H and O–H groups in total. The smallest absolute Gasteiger partial charge is 0.119 e. The van der Waals surface area contributed by atoms with E-state index in [2.05, 4.69) is 0 Å². The Labute approximate surface area is 85.5 Å². The second kappa shape index (κ2) is 5.01. The molecule has 0 heterocycles. The van der Waals surface area contributed by atoms with Crippen molar-refractivity contribution in [2.75, 3.05) is 6.61 Å². The minimum absolute atomic E-state index is 0.149. The Kier molecular flexibility index (Phi) is 3.96. The van der Waals surface area contributed by atoms with Gasteiger partial charge in [0.25, 0.3) is 0 Å². The number of hydrogen-bond acceptors (Lipinski definition) is 2. The molecule has 2 nitrogen and oxygen atoms in total. The predicted octanol–water partition coefficient (Wildman–Crippen LogP) is 2.57. The van der Waals surface area contributed by atoms with Crippen LogP contribution in [0.4, 0.5) is 0 Å². The lowest BCUT2D eigenvalue weighted by atomic mass is 9.96. The fourth-order valence-corrected chi connectivity index (χ4v) is 1.33. The van der Waals surface area contributed by atoms with E-state index in [4.69, 9.17) is 4.74 Å². The van der Waals surface area contributed by atoms with Gasteiger partial charge in [-0.1, -0.05) is 19.1 Å². The molecule has 14 heavy (non-hydrogen) atoms. The Morgan fingerprint density at radius 2 is 2.07 bits per heavy atom. The zero-order chi connectivity index (χ0) is 10.6. The molecule has 0 aromatic heterocycles. The monoisotopic (exact) mass is 194 g/mol. The normalized spacial score (nSPS) is 14.9. The summed E-state index contributed by atoms with van der Waals surface area (Å²) in [5.74, 6) is 1.02. The summed E-state index contributed by atoms with van der Waals surface area (Å²) in [6, 6.07) is 7.89. The first kappa shape index (κ1) is 11.1. The van der Waals surface area contributed by atoms with E-state index in [0.717, 1.165) is 11.3 Å². The van der Waals surface area contributed by atoms with Gasteiger partial charge in [0, 0.05) is 5.92 Å². The zero-order valence-corrected chi connectivity index (χ0v) is 9.03. The van der Waals surface area contributed by atoms with E-state index < -0.39 is 0 Å². The lowest BCUT2D eigenvalue weighted by molar-refractivity contribution is 0.169. The molecule has 1 aromatic rings. The van der Waals surface area contributed by atoms with Crippen LogP contribution in [-0.4, -0.2) is 17.8 Å². The van der Waals surface area contributed by atoms with Crippen molar-refractivity contribution in [1.29, 1.82) is 0 Å². The van der Waals surface area contributed by atoms with Gasteiger partial charge in [0.2, 0.25) is 0 Å². The molecule has 0 bridgehead atoms. The van der Waals surface area contributed by atoms with Crippen molar-refractivity contribution in [3.05, 3.63) is 29.8 Å². The summed E-state index contributed by atoms with van der Waals surface area (Å²) in [4.78, 5) is 0. The van der Waals surface area contributed by atoms with Crippen LogP contribution < -0.4 is 4.74 Å². The van der Waals surface area contributed by atoms with Gasteiger partial charge in [-0.15, -0.1) is 0 Å². The van der Waals surface area contributed by atoms with Gasteiger partial charge in [-0.25, -0.2) is 0 Å². The number of benzene rings is 1. The van der Waals surface area contributed by atoms with Crippen molar-refractivity contribution in [2.24, 2.45) is 0 Å². The maximum atomic E-state index is 9.45. The molecule has 2 atom stereocenters. The topological polar surface area (TPSA) is 29.5 Å². The van der Waals surface area contributed by atoms with Crippen LogP contribution in [0.2, 0.25) is 0 Å². The number of hydrogen-bond donors (Lipinski definition) is 1. The first-order valence-corrected chi connectivity index (χ1v) is 5.06. The summed E-state index contributed by atoms with van der Waals surface area (Å²) in [7, 11) is 0.